The van der Waals surface area contributed by atoms with E-state index in [0.717, 1.165) is 71.2 Å². The molecule has 3 aliphatic heterocycles. The number of carbonyl (C=O) groups is 1. The third-order valence-corrected chi connectivity index (χ3v) is 6.09. The van der Waals surface area contributed by atoms with Crippen molar-refractivity contribution in [2.24, 2.45) is 10.4 Å². The maximum absolute atomic E-state index is 11.7. The summed E-state index contributed by atoms with van der Waals surface area (Å²) in [5.41, 5.74) is 0.107. The quantitative estimate of drug-likeness (QED) is 0.545. The smallest absolute Gasteiger partial charge is 0.220 e. The Bertz CT molecular complexity index is 502. The minimum absolute atomic E-state index is 0.107. The molecule has 7 nitrogen and oxygen atoms in total. The van der Waals surface area contributed by atoms with Crippen molar-refractivity contribution in [1.29, 1.82) is 0 Å². The van der Waals surface area contributed by atoms with Gasteiger partial charge in [-0.2, -0.15) is 0 Å². The van der Waals surface area contributed by atoms with Crippen LogP contribution in [0, 0.1) is 5.41 Å². The lowest BCUT2D eigenvalue weighted by molar-refractivity contribution is -0.119. The second kappa shape index (κ2) is 7.91. The monoisotopic (exact) mass is 350 g/mol. The molecule has 2 unspecified atom stereocenters. The maximum atomic E-state index is 11.7. The number of carbonyl (C=O) groups excluding carboxylic acids is 1. The van der Waals surface area contributed by atoms with Crippen LogP contribution < -0.4 is 10.6 Å². The van der Waals surface area contributed by atoms with Gasteiger partial charge in [-0.25, -0.2) is 0 Å². The molecule has 2 atom stereocenters. The summed E-state index contributed by atoms with van der Waals surface area (Å²) in [5, 5.41) is 6.60. The number of hydrogen-bond donors (Lipinski definition) is 2. The van der Waals surface area contributed by atoms with E-state index < -0.39 is 0 Å². The SMILES string of the molecule is CN=C(NCC(C)N1CCN(C)CC1)N1CCCC2(CNC(=O)C2)C1. The largest absolute Gasteiger partial charge is 0.355 e. The molecular formula is C18H34N6O. The van der Waals surface area contributed by atoms with Crippen LogP contribution in [0.5, 0.6) is 0 Å². The summed E-state index contributed by atoms with van der Waals surface area (Å²) < 4.78 is 0. The number of rotatable bonds is 3. The number of likely N-dealkylation sites (tertiary alicyclic amines) is 1. The Labute approximate surface area is 151 Å². The molecule has 3 fully saturated rings. The lowest BCUT2D eigenvalue weighted by Crippen LogP contribution is -2.55. The van der Waals surface area contributed by atoms with E-state index in [1.165, 1.54) is 0 Å². The van der Waals surface area contributed by atoms with Gasteiger partial charge >= 0.3 is 0 Å². The average molecular weight is 351 g/mol. The molecule has 3 saturated heterocycles. The first kappa shape index (κ1) is 18.5. The standard InChI is InChI=1S/C18H34N6O/c1-15(23-9-7-22(3)8-10-23)12-20-17(19-2)24-6-4-5-18(14-24)11-16(25)21-13-18/h15H,4-14H2,1-3H3,(H,19,20)(H,21,25). The summed E-state index contributed by atoms with van der Waals surface area (Å²) in [4.78, 5) is 23.5. The predicted molar refractivity (Wildman–Crippen MR) is 101 cm³/mol. The third kappa shape index (κ3) is 4.44. The Hall–Kier alpha value is -1.34. The molecular weight excluding hydrogens is 316 g/mol. The highest BCUT2D eigenvalue weighted by atomic mass is 16.1. The molecule has 3 aliphatic rings. The highest BCUT2D eigenvalue weighted by Gasteiger charge is 2.42. The zero-order valence-corrected chi connectivity index (χ0v) is 16.1. The van der Waals surface area contributed by atoms with Gasteiger partial charge in [0.1, 0.15) is 0 Å². The van der Waals surface area contributed by atoms with Gasteiger partial charge < -0.3 is 20.4 Å². The van der Waals surface area contributed by atoms with Crippen LogP contribution in [0.2, 0.25) is 0 Å². The number of piperazine rings is 1. The highest BCUT2D eigenvalue weighted by molar-refractivity contribution is 5.81. The molecule has 0 saturated carbocycles. The van der Waals surface area contributed by atoms with Gasteiger partial charge in [-0.05, 0) is 26.8 Å². The maximum Gasteiger partial charge on any atom is 0.220 e. The molecule has 2 N–H and O–H groups in total. The Morgan fingerprint density at radius 1 is 1.32 bits per heavy atom. The average Bonchev–Trinajstić information content (AvgIpc) is 2.96. The lowest BCUT2D eigenvalue weighted by atomic mass is 9.79. The van der Waals surface area contributed by atoms with Crippen molar-refractivity contribution >= 4 is 11.9 Å². The fraction of sp³-hybridized carbons (Fsp3) is 0.889. The van der Waals surface area contributed by atoms with Crippen molar-refractivity contribution in [3.8, 4) is 0 Å². The molecule has 3 rings (SSSR count). The van der Waals surface area contributed by atoms with Crippen molar-refractivity contribution in [2.45, 2.75) is 32.2 Å². The number of aliphatic imine (C=N–C) groups is 1. The lowest BCUT2D eigenvalue weighted by Gasteiger charge is -2.41. The van der Waals surface area contributed by atoms with Gasteiger partial charge in [-0.1, -0.05) is 0 Å². The molecule has 1 amide bonds. The molecule has 142 valence electrons. The summed E-state index contributed by atoms with van der Waals surface area (Å²) in [7, 11) is 4.05. The zero-order chi connectivity index (χ0) is 17.9. The number of nitrogens with one attached hydrogen (secondary N) is 2. The second-order valence-corrected chi connectivity index (χ2v) is 8.09. The highest BCUT2D eigenvalue weighted by Crippen LogP contribution is 2.35. The van der Waals surface area contributed by atoms with E-state index in [1.54, 1.807) is 0 Å². The van der Waals surface area contributed by atoms with E-state index >= 15 is 0 Å². The Morgan fingerprint density at radius 3 is 2.72 bits per heavy atom. The van der Waals surface area contributed by atoms with Gasteiger partial charge in [-0.15, -0.1) is 0 Å². The van der Waals surface area contributed by atoms with E-state index in [0.29, 0.717) is 12.5 Å². The van der Waals surface area contributed by atoms with E-state index in [1.807, 2.05) is 7.05 Å². The number of hydrogen-bond acceptors (Lipinski definition) is 4. The van der Waals surface area contributed by atoms with E-state index in [-0.39, 0.29) is 11.3 Å². The van der Waals surface area contributed by atoms with Crippen molar-refractivity contribution < 1.29 is 4.79 Å². The molecule has 0 radical (unpaired) electrons. The number of amides is 1. The van der Waals surface area contributed by atoms with Crippen molar-refractivity contribution in [3.05, 3.63) is 0 Å². The summed E-state index contributed by atoms with van der Waals surface area (Å²) in [6.45, 7) is 10.5. The molecule has 0 aliphatic carbocycles. The summed E-state index contributed by atoms with van der Waals surface area (Å²) in [6.07, 6.45) is 2.93. The molecule has 0 aromatic carbocycles. The van der Waals surface area contributed by atoms with Gasteiger partial charge in [0, 0.05) is 77.3 Å². The first-order valence-corrected chi connectivity index (χ1v) is 9.66. The molecule has 0 bridgehead atoms. The number of likely N-dealkylation sites (N-methyl/N-ethyl adjacent to an activating group) is 1. The van der Waals surface area contributed by atoms with Crippen LogP contribution in [0.4, 0.5) is 0 Å². The van der Waals surface area contributed by atoms with Crippen molar-refractivity contribution in [1.82, 2.24) is 25.3 Å². The molecule has 25 heavy (non-hydrogen) atoms. The van der Waals surface area contributed by atoms with E-state index in [2.05, 4.69) is 44.3 Å². The first-order valence-electron chi connectivity index (χ1n) is 9.66. The molecule has 3 heterocycles. The fourth-order valence-corrected chi connectivity index (χ4v) is 4.39. The van der Waals surface area contributed by atoms with E-state index in [9.17, 15) is 4.79 Å². The predicted octanol–water partition coefficient (Wildman–Crippen LogP) is -0.200. The summed E-state index contributed by atoms with van der Waals surface area (Å²) >= 11 is 0. The Morgan fingerprint density at radius 2 is 2.08 bits per heavy atom. The van der Waals surface area contributed by atoms with Crippen LogP contribution in [0.15, 0.2) is 4.99 Å². The van der Waals surface area contributed by atoms with Gasteiger partial charge in [0.2, 0.25) is 5.91 Å². The van der Waals surface area contributed by atoms with Crippen molar-refractivity contribution in [3.63, 3.8) is 0 Å². The number of guanidine groups is 1. The number of piperidine rings is 1. The molecule has 1 spiro atoms. The van der Waals surface area contributed by atoms with Crippen LogP contribution in [-0.2, 0) is 4.79 Å². The topological polar surface area (TPSA) is 63.2 Å². The van der Waals surface area contributed by atoms with Crippen LogP contribution in [-0.4, -0.2) is 99.1 Å². The van der Waals surface area contributed by atoms with Gasteiger partial charge in [0.25, 0.3) is 0 Å². The third-order valence-electron chi connectivity index (χ3n) is 6.09. The first-order chi connectivity index (χ1) is 12.0. The Balaban J connectivity index is 1.51. The minimum Gasteiger partial charge on any atom is -0.355 e. The fourth-order valence-electron chi connectivity index (χ4n) is 4.39. The van der Waals surface area contributed by atoms with Gasteiger partial charge in [-0.3, -0.25) is 14.7 Å². The van der Waals surface area contributed by atoms with E-state index in [4.69, 9.17) is 0 Å². The van der Waals surface area contributed by atoms with Crippen LogP contribution >= 0.6 is 0 Å². The van der Waals surface area contributed by atoms with Crippen LogP contribution in [0.1, 0.15) is 26.2 Å². The minimum atomic E-state index is 0.107. The molecule has 0 aromatic rings. The zero-order valence-electron chi connectivity index (χ0n) is 16.1. The number of nitrogens with zero attached hydrogens (tertiary/aromatic N) is 4. The summed E-state index contributed by atoms with van der Waals surface area (Å²) in [5.74, 6) is 1.19. The van der Waals surface area contributed by atoms with Crippen LogP contribution in [0.3, 0.4) is 0 Å². The molecule has 0 aromatic heterocycles. The van der Waals surface area contributed by atoms with Gasteiger partial charge in [0.05, 0.1) is 0 Å². The van der Waals surface area contributed by atoms with Crippen molar-refractivity contribution in [2.75, 3.05) is 66.5 Å². The Kier molecular flexibility index (Phi) is 5.84. The normalized spacial score (nSPS) is 30.6. The van der Waals surface area contributed by atoms with Gasteiger partial charge in [0.15, 0.2) is 5.96 Å². The second-order valence-electron chi connectivity index (χ2n) is 8.09. The summed E-state index contributed by atoms with van der Waals surface area (Å²) in [6, 6.07) is 0.499. The van der Waals surface area contributed by atoms with Crippen LogP contribution in [0.25, 0.3) is 0 Å². The molecule has 7 heteroatoms.